The Hall–Kier alpha value is -1.67. The fourth-order valence-electron chi connectivity index (χ4n) is 2.43. The lowest BCUT2D eigenvalue weighted by atomic mass is 10.1. The predicted molar refractivity (Wildman–Crippen MR) is 81.0 cm³/mol. The van der Waals surface area contributed by atoms with Gasteiger partial charge in [-0.05, 0) is 19.8 Å². The molecule has 1 amide bonds. The summed E-state index contributed by atoms with van der Waals surface area (Å²) in [7, 11) is 1.29. The lowest BCUT2D eigenvalue weighted by Crippen LogP contribution is -2.50. The highest BCUT2D eigenvalue weighted by atomic mass is 16.5. The molecule has 0 radical (unpaired) electrons. The molecule has 0 aromatic carbocycles. The topological polar surface area (TPSA) is 96.4 Å². The number of piperidine rings is 1. The summed E-state index contributed by atoms with van der Waals surface area (Å²) in [5.74, 6) is -1.63. The van der Waals surface area contributed by atoms with Crippen molar-refractivity contribution < 1.29 is 29.0 Å². The number of aliphatic hydroxyl groups excluding tert-OH is 1. The molecule has 1 aliphatic heterocycles. The maximum absolute atomic E-state index is 12.4. The van der Waals surface area contributed by atoms with Crippen LogP contribution in [0.1, 0.15) is 39.0 Å². The monoisotopic (exact) mass is 330 g/mol. The highest BCUT2D eigenvalue weighted by Crippen LogP contribution is 2.14. The Kier molecular flexibility index (Phi) is 8.57. The van der Waals surface area contributed by atoms with E-state index in [0.29, 0.717) is 13.1 Å². The molecule has 1 N–H and O–H groups in total. The van der Waals surface area contributed by atoms with Gasteiger partial charge in [0.1, 0.15) is 0 Å². The number of rotatable bonds is 8. The van der Waals surface area contributed by atoms with Crippen molar-refractivity contribution in [1.82, 2.24) is 10.0 Å². The van der Waals surface area contributed by atoms with Crippen LogP contribution in [0.2, 0.25) is 0 Å². The summed E-state index contributed by atoms with van der Waals surface area (Å²) in [6.45, 7) is 3.36. The Balaban J connectivity index is 2.66. The van der Waals surface area contributed by atoms with Crippen LogP contribution in [0.3, 0.4) is 0 Å². The summed E-state index contributed by atoms with van der Waals surface area (Å²) >= 11 is 0. The lowest BCUT2D eigenvalue weighted by molar-refractivity contribution is -0.163. The van der Waals surface area contributed by atoms with E-state index >= 15 is 0 Å². The molecular weight excluding hydrogens is 304 g/mol. The van der Waals surface area contributed by atoms with Gasteiger partial charge in [0.05, 0.1) is 26.6 Å². The molecule has 0 aromatic heterocycles. The Bertz CT molecular complexity index is 409. The van der Waals surface area contributed by atoms with Gasteiger partial charge in [0.25, 0.3) is 0 Å². The highest BCUT2D eigenvalue weighted by Gasteiger charge is 2.28. The molecule has 1 saturated heterocycles. The van der Waals surface area contributed by atoms with Crippen molar-refractivity contribution >= 4 is 17.8 Å². The average Bonchev–Trinajstić information content (AvgIpc) is 2.55. The van der Waals surface area contributed by atoms with Crippen LogP contribution >= 0.6 is 0 Å². The molecule has 0 saturated carbocycles. The molecule has 0 spiro atoms. The van der Waals surface area contributed by atoms with E-state index in [4.69, 9.17) is 4.74 Å². The number of carbonyl (C=O) groups excluding carboxylic acids is 3. The van der Waals surface area contributed by atoms with Crippen LogP contribution in [0.15, 0.2) is 0 Å². The highest BCUT2D eigenvalue weighted by molar-refractivity contribution is 5.84. The van der Waals surface area contributed by atoms with Crippen LogP contribution in [0.5, 0.6) is 0 Å². The van der Waals surface area contributed by atoms with Crippen LogP contribution in [0, 0.1) is 0 Å². The normalized spacial score (nSPS) is 16.5. The van der Waals surface area contributed by atoms with E-state index in [1.165, 1.54) is 12.1 Å². The average molecular weight is 330 g/mol. The first kappa shape index (κ1) is 19.4. The number of ether oxygens (including phenoxy) is 2. The van der Waals surface area contributed by atoms with Gasteiger partial charge in [-0.1, -0.05) is 6.42 Å². The van der Waals surface area contributed by atoms with E-state index in [1.54, 1.807) is 6.92 Å². The smallest absolute Gasteiger partial charge is 0.335 e. The Morgan fingerprint density at radius 3 is 2.43 bits per heavy atom. The third-order valence-corrected chi connectivity index (χ3v) is 3.64. The molecule has 1 heterocycles. The fourth-order valence-corrected chi connectivity index (χ4v) is 2.43. The summed E-state index contributed by atoms with van der Waals surface area (Å²) < 4.78 is 9.30. The molecular formula is C15H26N2O6. The van der Waals surface area contributed by atoms with Gasteiger partial charge in [-0.2, -0.15) is 0 Å². The van der Waals surface area contributed by atoms with Crippen molar-refractivity contribution in [1.29, 1.82) is 0 Å². The molecule has 1 unspecified atom stereocenters. The van der Waals surface area contributed by atoms with Crippen molar-refractivity contribution in [3.05, 3.63) is 0 Å². The number of carbonyl (C=O) groups is 3. The maximum atomic E-state index is 12.4. The predicted octanol–water partition coefficient (Wildman–Crippen LogP) is 0.0931. The van der Waals surface area contributed by atoms with E-state index in [1.807, 2.05) is 5.01 Å². The van der Waals surface area contributed by atoms with Crippen LogP contribution in [0.4, 0.5) is 0 Å². The van der Waals surface area contributed by atoms with Crippen molar-refractivity contribution in [2.75, 3.05) is 33.4 Å². The maximum Gasteiger partial charge on any atom is 0.335 e. The van der Waals surface area contributed by atoms with Gasteiger partial charge in [-0.25, -0.2) is 9.80 Å². The largest absolute Gasteiger partial charge is 0.469 e. The summed E-state index contributed by atoms with van der Waals surface area (Å²) in [5.41, 5.74) is 0. The van der Waals surface area contributed by atoms with E-state index < -0.39 is 23.9 Å². The van der Waals surface area contributed by atoms with Crippen LogP contribution in [0.25, 0.3) is 0 Å². The van der Waals surface area contributed by atoms with Crippen molar-refractivity contribution in [2.24, 2.45) is 0 Å². The molecule has 0 bridgehead atoms. The first-order chi connectivity index (χ1) is 11.0. The minimum absolute atomic E-state index is 0.0637. The molecule has 8 heteroatoms. The third-order valence-electron chi connectivity index (χ3n) is 3.64. The van der Waals surface area contributed by atoms with E-state index in [-0.39, 0.29) is 26.0 Å². The fraction of sp³-hybridized carbons (Fsp3) is 0.800. The number of nitrogens with zero attached hydrogens (tertiary/aromatic N) is 2. The minimum atomic E-state index is -1.49. The van der Waals surface area contributed by atoms with Crippen LogP contribution < -0.4 is 0 Å². The van der Waals surface area contributed by atoms with Gasteiger partial charge in [0.15, 0.2) is 6.10 Å². The number of methoxy groups -OCH3 is 1. The van der Waals surface area contributed by atoms with Gasteiger partial charge >= 0.3 is 11.9 Å². The van der Waals surface area contributed by atoms with Gasteiger partial charge in [-0.3, -0.25) is 14.6 Å². The zero-order chi connectivity index (χ0) is 17.2. The number of hydrazine groups is 1. The molecule has 0 aliphatic carbocycles. The number of esters is 2. The first-order valence-corrected chi connectivity index (χ1v) is 7.96. The number of aliphatic hydroxyl groups is 1. The number of hydrogen-bond acceptors (Lipinski definition) is 7. The molecule has 1 atom stereocenters. The third kappa shape index (κ3) is 6.54. The molecule has 1 rings (SSSR count). The summed E-state index contributed by atoms with van der Waals surface area (Å²) in [6, 6.07) is 0. The molecule has 1 fully saturated rings. The van der Waals surface area contributed by atoms with Crippen molar-refractivity contribution in [3.8, 4) is 0 Å². The Labute approximate surface area is 136 Å². The summed E-state index contributed by atoms with van der Waals surface area (Å²) in [6.07, 6.45) is 1.23. The van der Waals surface area contributed by atoms with Crippen LogP contribution in [-0.4, -0.2) is 72.4 Å². The Morgan fingerprint density at radius 2 is 1.87 bits per heavy atom. The Morgan fingerprint density at radius 1 is 1.22 bits per heavy atom. The molecule has 1 aliphatic rings. The zero-order valence-corrected chi connectivity index (χ0v) is 13.8. The molecule has 8 nitrogen and oxygen atoms in total. The minimum Gasteiger partial charge on any atom is -0.469 e. The molecule has 132 valence electrons. The van der Waals surface area contributed by atoms with E-state index in [9.17, 15) is 19.5 Å². The van der Waals surface area contributed by atoms with Crippen LogP contribution in [-0.2, 0) is 23.9 Å². The van der Waals surface area contributed by atoms with E-state index in [0.717, 1.165) is 19.3 Å². The standard InChI is InChI=1S/C15H26N2O6/c1-3-23-15(21)12(18)11-13(19)17(10-7-14(20)22-2)16-8-5-4-6-9-16/h12,18H,3-11H2,1-2H3. The first-order valence-electron chi connectivity index (χ1n) is 7.96. The number of amides is 1. The number of hydrogen-bond donors (Lipinski definition) is 1. The van der Waals surface area contributed by atoms with Gasteiger partial charge in [0.2, 0.25) is 5.91 Å². The second-order valence-electron chi connectivity index (χ2n) is 5.33. The zero-order valence-electron chi connectivity index (χ0n) is 13.8. The van der Waals surface area contributed by atoms with Gasteiger partial charge in [-0.15, -0.1) is 0 Å². The second-order valence-corrected chi connectivity index (χ2v) is 5.33. The van der Waals surface area contributed by atoms with E-state index in [2.05, 4.69) is 4.74 Å². The summed E-state index contributed by atoms with van der Waals surface area (Å²) in [4.78, 5) is 35.2. The SMILES string of the molecule is CCOC(=O)C(O)CC(=O)N(CCC(=O)OC)N1CCCCC1. The second kappa shape index (κ2) is 10.2. The van der Waals surface area contributed by atoms with Crippen molar-refractivity contribution in [2.45, 2.75) is 45.1 Å². The summed E-state index contributed by atoms with van der Waals surface area (Å²) in [5, 5.41) is 13.1. The van der Waals surface area contributed by atoms with Crippen molar-refractivity contribution in [3.63, 3.8) is 0 Å². The quantitative estimate of drug-likeness (QED) is 0.630. The van der Waals surface area contributed by atoms with Gasteiger partial charge < -0.3 is 14.6 Å². The molecule has 0 aromatic rings. The van der Waals surface area contributed by atoms with Gasteiger partial charge in [0, 0.05) is 19.6 Å². The molecule has 23 heavy (non-hydrogen) atoms. The lowest BCUT2D eigenvalue weighted by Gasteiger charge is -2.37.